The maximum atomic E-state index is 14.6. The molecule has 1 fully saturated rings. The summed E-state index contributed by atoms with van der Waals surface area (Å²) in [5.41, 5.74) is 10.5. The van der Waals surface area contributed by atoms with Crippen molar-refractivity contribution in [2.24, 2.45) is 5.73 Å². The maximum absolute atomic E-state index is 14.6. The number of aromatic nitrogens is 4. The number of piperidine rings is 1. The van der Waals surface area contributed by atoms with Crippen molar-refractivity contribution in [3.63, 3.8) is 0 Å². The van der Waals surface area contributed by atoms with E-state index < -0.39 is 23.0 Å². The summed E-state index contributed by atoms with van der Waals surface area (Å²) in [6, 6.07) is 10.00. The third-order valence-electron chi connectivity index (χ3n) is 6.79. The largest absolute Gasteiger partial charge is 0.593 e. The lowest BCUT2D eigenvalue weighted by molar-refractivity contribution is 0.212. The van der Waals surface area contributed by atoms with Crippen molar-refractivity contribution >= 4 is 22.6 Å². The minimum Gasteiger partial charge on any atom is -0.593 e. The van der Waals surface area contributed by atoms with E-state index >= 15 is 0 Å². The first-order chi connectivity index (χ1) is 18.8. The summed E-state index contributed by atoms with van der Waals surface area (Å²) >= 11 is -1.39. The summed E-state index contributed by atoms with van der Waals surface area (Å²) in [5.74, 6) is -1.58. The summed E-state index contributed by atoms with van der Waals surface area (Å²) in [4.78, 5) is 10.9. The number of likely N-dealkylation sites (tertiary alicyclic amines) is 1. The van der Waals surface area contributed by atoms with Crippen molar-refractivity contribution in [1.82, 2.24) is 24.6 Å². The van der Waals surface area contributed by atoms with Gasteiger partial charge in [-0.15, -0.1) is 0 Å². The fourth-order valence-corrected chi connectivity index (χ4v) is 5.22. The fraction of sp³-hybridized carbons (Fsp3) is 0.250. The first-order valence-electron chi connectivity index (χ1n) is 12.5. The van der Waals surface area contributed by atoms with Gasteiger partial charge in [0.05, 0.1) is 41.2 Å². The molecule has 1 aromatic carbocycles. The van der Waals surface area contributed by atoms with E-state index in [0.29, 0.717) is 34.1 Å². The second-order valence-corrected chi connectivity index (χ2v) is 10.7. The number of rotatable bonds is 7. The molecule has 39 heavy (non-hydrogen) atoms. The molecule has 1 atom stereocenters. The van der Waals surface area contributed by atoms with Crippen LogP contribution in [0.5, 0.6) is 0 Å². The van der Waals surface area contributed by atoms with E-state index in [4.69, 9.17) is 5.73 Å². The van der Waals surface area contributed by atoms with Crippen LogP contribution in [0.4, 0.5) is 14.5 Å². The summed E-state index contributed by atoms with van der Waals surface area (Å²) in [5, 5.41) is 4.59. The SMILES string of the molecule is CN1CCC(n2cc(-c3ccc(C(=CN)c4cc(N[S+](C)[O-])cc(-c5ncc(F)cc5F)c4)nc3)cn2)CC1. The number of anilines is 1. The van der Waals surface area contributed by atoms with Gasteiger partial charge in [0.1, 0.15) is 17.8 Å². The minimum absolute atomic E-state index is 0.0375. The van der Waals surface area contributed by atoms with Crippen LogP contribution in [0.2, 0.25) is 0 Å². The molecule has 202 valence electrons. The Morgan fingerprint density at radius 2 is 1.85 bits per heavy atom. The second-order valence-electron chi connectivity index (χ2n) is 9.60. The van der Waals surface area contributed by atoms with E-state index in [1.807, 2.05) is 23.0 Å². The molecular formula is C28H29F2N7OS. The minimum atomic E-state index is -1.39. The lowest BCUT2D eigenvalue weighted by Crippen LogP contribution is -2.31. The quantitative estimate of drug-likeness (QED) is 0.324. The van der Waals surface area contributed by atoms with Crippen molar-refractivity contribution in [2.75, 3.05) is 31.1 Å². The Morgan fingerprint density at radius 3 is 2.51 bits per heavy atom. The zero-order chi connectivity index (χ0) is 27.5. The van der Waals surface area contributed by atoms with E-state index in [-0.39, 0.29) is 5.69 Å². The van der Waals surface area contributed by atoms with Gasteiger partial charge in [0, 0.05) is 46.9 Å². The molecule has 0 radical (unpaired) electrons. The predicted octanol–water partition coefficient (Wildman–Crippen LogP) is 4.61. The summed E-state index contributed by atoms with van der Waals surface area (Å²) in [7, 11) is 2.14. The second kappa shape index (κ2) is 11.5. The molecule has 0 saturated carbocycles. The molecule has 4 aromatic rings. The van der Waals surface area contributed by atoms with Crippen LogP contribution in [-0.2, 0) is 11.4 Å². The van der Waals surface area contributed by atoms with Crippen LogP contribution in [0.25, 0.3) is 28.0 Å². The average molecular weight is 550 g/mol. The molecule has 0 amide bonds. The number of nitrogens with one attached hydrogen (secondary N) is 1. The van der Waals surface area contributed by atoms with Crippen LogP contribution < -0.4 is 10.5 Å². The number of nitrogens with two attached hydrogens (primary N) is 1. The van der Waals surface area contributed by atoms with Crippen LogP contribution in [0, 0.1) is 11.6 Å². The predicted molar refractivity (Wildman–Crippen MR) is 150 cm³/mol. The van der Waals surface area contributed by atoms with Crippen LogP contribution in [-0.4, -0.2) is 55.6 Å². The lowest BCUT2D eigenvalue weighted by Gasteiger charge is -2.28. The third kappa shape index (κ3) is 6.11. The molecule has 1 aliphatic heterocycles. The highest BCUT2D eigenvalue weighted by Gasteiger charge is 2.20. The van der Waals surface area contributed by atoms with Gasteiger partial charge in [-0.3, -0.25) is 14.6 Å². The topological polar surface area (TPSA) is 108 Å². The molecule has 1 aliphatic rings. The third-order valence-corrected chi connectivity index (χ3v) is 7.31. The zero-order valence-electron chi connectivity index (χ0n) is 21.6. The number of nitrogens with zero attached hydrogens (tertiary/aromatic N) is 5. The molecule has 1 unspecified atom stereocenters. The van der Waals surface area contributed by atoms with Gasteiger partial charge < -0.3 is 15.2 Å². The normalized spacial score (nSPS) is 15.9. The highest BCUT2D eigenvalue weighted by molar-refractivity contribution is 7.92. The van der Waals surface area contributed by atoms with E-state index in [9.17, 15) is 13.3 Å². The number of pyridine rings is 2. The van der Waals surface area contributed by atoms with Crippen molar-refractivity contribution in [3.8, 4) is 22.4 Å². The summed E-state index contributed by atoms with van der Waals surface area (Å²) < 4.78 is 44.8. The maximum Gasteiger partial charge on any atom is 0.152 e. The number of hydrogen-bond donors (Lipinski definition) is 2. The van der Waals surface area contributed by atoms with Crippen LogP contribution >= 0.6 is 0 Å². The Hall–Kier alpha value is -3.80. The number of halogens is 2. The molecule has 4 heterocycles. The van der Waals surface area contributed by atoms with Gasteiger partial charge in [-0.1, -0.05) is 6.07 Å². The highest BCUT2D eigenvalue weighted by Crippen LogP contribution is 2.32. The van der Waals surface area contributed by atoms with Gasteiger partial charge in [-0.25, -0.2) is 13.5 Å². The molecule has 3 N–H and O–H groups in total. The van der Waals surface area contributed by atoms with Crippen molar-refractivity contribution in [1.29, 1.82) is 0 Å². The first kappa shape index (κ1) is 26.8. The number of hydrogen-bond acceptors (Lipinski definition) is 7. The lowest BCUT2D eigenvalue weighted by atomic mass is 9.98. The highest BCUT2D eigenvalue weighted by atomic mass is 32.2. The van der Waals surface area contributed by atoms with Crippen molar-refractivity contribution in [2.45, 2.75) is 18.9 Å². The molecule has 0 aliphatic carbocycles. The summed E-state index contributed by atoms with van der Waals surface area (Å²) in [6.07, 6.45) is 11.7. The van der Waals surface area contributed by atoms with E-state index in [2.05, 4.69) is 37.9 Å². The Kier molecular flexibility index (Phi) is 7.92. The first-order valence-corrected chi connectivity index (χ1v) is 14.0. The molecule has 5 rings (SSSR count). The van der Waals surface area contributed by atoms with E-state index in [1.165, 1.54) is 12.5 Å². The molecule has 11 heteroatoms. The van der Waals surface area contributed by atoms with Crippen molar-refractivity contribution in [3.05, 3.63) is 90.3 Å². The Morgan fingerprint density at radius 1 is 1.05 bits per heavy atom. The van der Waals surface area contributed by atoms with Gasteiger partial charge in [-0.2, -0.15) is 5.10 Å². The molecule has 3 aromatic heterocycles. The van der Waals surface area contributed by atoms with Gasteiger partial charge in [0.2, 0.25) is 0 Å². The monoisotopic (exact) mass is 549 g/mol. The van der Waals surface area contributed by atoms with E-state index in [1.54, 1.807) is 24.4 Å². The van der Waals surface area contributed by atoms with Crippen LogP contribution in [0.1, 0.15) is 30.1 Å². The van der Waals surface area contributed by atoms with E-state index in [0.717, 1.165) is 49.3 Å². The van der Waals surface area contributed by atoms with Crippen molar-refractivity contribution < 1.29 is 13.3 Å². The zero-order valence-corrected chi connectivity index (χ0v) is 22.5. The van der Waals surface area contributed by atoms with Gasteiger partial charge >= 0.3 is 0 Å². The Labute approximate surface area is 228 Å². The van der Waals surface area contributed by atoms with Crippen LogP contribution in [0.3, 0.4) is 0 Å². The average Bonchev–Trinajstić information content (AvgIpc) is 3.40. The van der Waals surface area contributed by atoms with Gasteiger partial charge in [0.15, 0.2) is 5.82 Å². The molecule has 0 bridgehead atoms. The fourth-order valence-electron chi connectivity index (χ4n) is 4.77. The Balaban J connectivity index is 1.44. The molecule has 8 nitrogen and oxygen atoms in total. The number of benzene rings is 1. The molecule has 0 spiro atoms. The Bertz CT molecular complexity index is 1480. The molecule has 1 saturated heterocycles. The van der Waals surface area contributed by atoms with Gasteiger partial charge in [0.25, 0.3) is 0 Å². The van der Waals surface area contributed by atoms with Crippen LogP contribution in [0.15, 0.2) is 67.4 Å². The van der Waals surface area contributed by atoms with Gasteiger partial charge in [-0.05, 0) is 62.8 Å². The summed E-state index contributed by atoms with van der Waals surface area (Å²) in [6.45, 7) is 2.11. The molecular weight excluding hydrogens is 520 g/mol. The standard InChI is InChI=1S/C28H29F2N7OS/c1-36-7-5-24(6-8-36)37-17-21(15-34-37)18-3-4-27(32-14-18)25(13-31)19-9-20(11-23(10-19)35-39(2)38)28-26(30)12-22(29)16-33-28/h3-4,9-17,24,35H,5-8,31H2,1-2H3. The smallest absolute Gasteiger partial charge is 0.152 e.